The van der Waals surface area contributed by atoms with Crippen LogP contribution in [0.25, 0.3) is 11.0 Å². The van der Waals surface area contributed by atoms with Gasteiger partial charge in [-0.3, -0.25) is 0 Å². The summed E-state index contributed by atoms with van der Waals surface area (Å²) in [7, 11) is -3.40. The predicted molar refractivity (Wildman–Crippen MR) is 77.8 cm³/mol. The van der Waals surface area contributed by atoms with Crippen molar-refractivity contribution in [3.63, 3.8) is 0 Å². The summed E-state index contributed by atoms with van der Waals surface area (Å²) in [4.78, 5) is 7.56. The van der Waals surface area contributed by atoms with Gasteiger partial charge in [-0.05, 0) is 30.3 Å². The lowest BCUT2D eigenvalue weighted by atomic mass is 10.3. The monoisotopic (exact) mass is 287 g/mol. The number of benzene rings is 2. The Morgan fingerprint density at radius 1 is 1.10 bits per heavy atom. The van der Waals surface area contributed by atoms with Crippen LogP contribution in [-0.2, 0) is 15.6 Å². The van der Waals surface area contributed by atoms with Gasteiger partial charge in [0.1, 0.15) is 11.6 Å². The Kier molecular flexibility index (Phi) is 2.94. The highest BCUT2D eigenvalue weighted by molar-refractivity contribution is 7.90. The van der Waals surface area contributed by atoms with Crippen LogP contribution >= 0.6 is 0 Å². The highest BCUT2D eigenvalue weighted by Crippen LogP contribution is 2.19. The van der Waals surface area contributed by atoms with E-state index in [0.29, 0.717) is 21.9 Å². The fraction of sp³-hybridized carbons (Fsp3) is 0.0714. The van der Waals surface area contributed by atoms with Crippen LogP contribution in [0.3, 0.4) is 0 Å². The zero-order chi connectivity index (χ0) is 14.2. The lowest BCUT2D eigenvalue weighted by Gasteiger charge is -2.01. The van der Waals surface area contributed by atoms with Crippen molar-refractivity contribution in [1.82, 2.24) is 9.97 Å². The molecule has 0 unspecified atom stereocenters. The van der Waals surface area contributed by atoms with Crippen LogP contribution in [0.5, 0.6) is 0 Å². The quantitative estimate of drug-likeness (QED) is 0.722. The summed E-state index contributed by atoms with van der Waals surface area (Å²) in [5.41, 5.74) is 7.74. The van der Waals surface area contributed by atoms with Gasteiger partial charge >= 0.3 is 0 Å². The van der Waals surface area contributed by atoms with Gasteiger partial charge in [-0.1, -0.05) is 18.2 Å². The first-order valence-corrected chi connectivity index (χ1v) is 7.72. The average molecular weight is 287 g/mol. The molecule has 0 spiro atoms. The molecule has 1 aromatic heterocycles. The first-order valence-electron chi connectivity index (χ1n) is 6.06. The molecule has 6 heteroatoms. The van der Waals surface area contributed by atoms with E-state index in [2.05, 4.69) is 9.97 Å². The Balaban J connectivity index is 1.97. The van der Waals surface area contributed by atoms with E-state index in [-0.39, 0.29) is 5.75 Å². The molecule has 0 saturated heterocycles. The summed E-state index contributed by atoms with van der Waals surface area (Å²) in [6.07, 6.45) is 0. The Morgan fingerprint density at radius 3 is 2.60 bits per heavy atom. The standard InChI is InChI=1S/C14H13N3O2S/c15-10-6-7-12-13(8-10)17-14(16-12)9-20(18,19)11-4-2-1-3-5-11/h1-8H,9,15H2,(H,16,17). The second-order valence-corrected chi connectivity index (χ2v) is 6.52. The lowest BCUT2D eigenvalue weighted by molar-refractivity contribution is 0.594. The van der Waals surface area contributed by atoms with Gasteiger partial charge in [0, 0.05) is 5.69 Å². The van der Waals surface area contributed by atoms with Crippen LogP contribution in [0.2, 0.25) is 0 Å². The summed E-state index contributed by atoms with van der Waals surface area (Å²) in [5.74, 6) is 0.250. The minimum Gasteiger partial charge on any atom is -0.399 e. The van der Waals surface area contributed by atoms with Crippen molar-refractivity contribution >= 4 is 26.6 Å². The summed E-state index contributed by atoms with van der Waals surface area (Å²) in [6.45, 7) is 0. The normalized spacial score (nSPS) is 11.8. The van der Waals surface area contributed by atoms with Crippen LogP contribution in [0.15, 0.2) is 53.4 Å². The van der Waals surface area contributed by atoms with Crippen LogP contribution < -0.4 is 5.73 Å². The third-order valence-electron chi connectivity index (χ3n) is 2.98. The zero-order valence-corrected chi connectivity index (χ0v) is 11.4. The maximum absolute atomic E-state index is 12.3. The van der Waals surface area contributed by atoms with Crippen molar-refractivity contribution in [3.05, 3.63) is 54.4 Å². The second kappa shape index (κ2) is 4.64. The van der Waals surface area contributed by atoms with E-state index in [1.54, 1.807) is 48.5 Å². The molecule has 0 aliphatic carbocycles. The van der Waals surface area contributed by atoms with Gasteiger partial charge in [0.25, 0.3) is 0 Å². The van der Waals surface area contributed by atoms with E-state index in [1.807, 2.05) is 0 Å². The molecule has 5 nitrogen and oxygen atoms in total. The topological polar surface area (TPSA) is 88.8 Å². The number of anilines is 1. The molecule has 0 aliphatic heterocycles. The molecule has 102 valence electrons. The van der Waals surface area contributed by atoms with Crippen LogP contribution in [0.1, 0.15) is 5.82 Å². The van der Waals surface area contributed by atoms with Gasteiger partial charge in [-0.2, -0.15) is 0 Å². The smallest absolute Gasteiger partial charge is 0.185 e. The molecule has 2 aromatic carbocycles. The number of nitrogens with one attached hydrogen (secondary N) is 1. The Bertz CT molecular complexity index is 855. The second-order valence-electron chi connectivity index (χ2n) is 4.53. The van der Waals surface area contributed by atoms with Gasteiger partial charge in [-0.15, -0.1) is 0 Å². The number of nitrogen functional groups attached to an aromatic ring is 1. The van der Waals surface area contributed by atoms with Gasteiger partial charge in [0.2, 0.25) is 0 Å². The van der Waals surface area contributed by atoms with E-state index in [9.17, 15) is 8.42 Å². The van der Waals surface area contributed by atoms with Gasteiger partial charge in [0.05, 0.1) is 15.9 Å². The molecule has 0 aliphatic rings. The summed E-state index contributed by atoms with van der Waals surface area (Å²) < 4.78 is 24.5. The molecule has 3 aromatic rings. The average Bonchev–Trinajstić information content (AvgIpc) is 2.80. The van der Waals surface area contributed by atoms with Crippen molar-refractivity contribution < 1.29 is 8.42 Å². The number of fused-ring (bicyclic) bond motifs is 1. The number of hydrogen-bond acceptors (Lipinski definition) is 4. The Labute approximate surface area is 116 Å². The van der Waals surface area contributed by atoms with Crippen molar-refractivity contribution in [2.45, 2.75) is 10.6 Å². The van der Waals surface area contributed by atoms with Crippen molar-refractivity contribution in [1.29, 1.82) is 0 Å². The number of nitrogens with zero attached hydrogens (tertiary/aromatic N) is 1. The lowest BCUT2D eigenvalue weighted by Crippen LogP contribution is -2.05. The third kappa shape index (κ3) is 2.37. The number of aromatic nitrogens is 2. The van der Waals surface area contributed by atoms with Crippen LogP contribution in [0, 0.1) is 0 Å². The number of sulfone groups is 1. The third-order valence-corrected chi connectivity index (χ3v) is 4.63. The summed E-state index contributed by atoms with van der Waals surface area (Å²) in [5, 5.41) is 0. The number of nitrogens with two attached hydrogens (primary N) is 1. The van der Waals surface area contributed by atoms with Crippen LogP contribution in [0.4, 0.5) is 5.69 Å². The van der Waals surface area contributed by atoms with E-state index >= 15 is 0 Å². The summed E-state index contributed by atoms with van der Waals surface area (Å²) >= 11 is 0. The molecule has 3 N–H and O–H groups in total. The maximum Gasteiger partial charge on any atom is 0.185 e. The molecular formula is C14H13N3O2S. The van der Waals surface area contributed by atoms with E-state index in [0.717, 1.165) is 5.52 Å². The fourth-order valence-electron chi connectivity index (χ4n) is 2.04. The van der Waals surface area contributed by atoms with Crippen molar-refractivity contribution in [2.75, 3.05) is 5.73 Å². The number of aromatic amines is 1. The maximum atomic E-state index is 12.3. The van der Waals surface area contributed by atoms with Gasteiger partial charge in [-0.25, -0.2) is 13.4 Å². The molecule has 0 radical (unpaired) electrons. The van der Waals surface area contributed by atoms with Crippen LogP contribution in [-0.4, -0.2) is 18.4 Å². The first-order chi connectivity index (χ1) is 9.54. The van der Waals surface area contributed by atoms with Gasteiger partial charge < -0.3 is 10.7 Å². The summed E-state index contributed by atoms with van der Waals surface area (Å²) in [6, 6.07) is 13.6. The SMILES string of the molecule is Nc1ccc2nc(CS(=O)(=O)c3ccccc3)[nH]c2c1. The first kappa shape index (κ1) is 12.7. The molecule has 0 amide bonds. The molecule has 3 rings (SSSR count). The van der Waals surface area contributed by atoms with E-state index < -0.39 is 9.84 Å². The highest BCUT2D eigenvalue weighted by atomic mass is 32.2. The molecule has 0 atom stereocenters. The van der Waals surface area contributed by atoms with Crippen molar-refractivity contribution in [2.24, 2.45) is 0 Å². The number of hydrogen-bond donors (Lipinski definition) is 2. The van der Waals surface area contributed by atoms with Gasteiger partial charge in [0.15, 0.2) is 9.84 Å². The van der Waals surface area contributed by atoms with E-state index in [4.69, 9.17) is 5.73 Å². The Hall–Kier alpha value is -2.34. The number of H-pyrrole nitrogens is 1. The number of imidazole rings is 1. The predicted octanol–water partition coefficient (Wildman–Crippen LogP) is 2.12. The fourth-order valence-corrected chi connectivity index (χ4v) is 3.27. The minimum atomic E-state index is -3.40. The van der Waals surface area contributed by atoms with E-state index in [1.165, 1.54) is 0 Å². The molecule has 0 saturated carbocycles. The largest absolute Gasteiger partial charge is 0.399 e. The molecule has 20 heavy (non-hydrogen) atoms. The molecule has 0 bridgehead atoms. The number of rotatable bonds is 3. The highest BCUT2D eigenvalue weighted by Gasteiger charge is 2.17. The minimum absolute atomic E-state index is 0.161. The molecule has 1 heterocycles. The molecular weight excluding hydrogens is 274 g/mol. The zero-order valence-electron chi connectivity index (χ0n) is 10.6. The Morgan fingerprint density at radius 2 is 1.85 bits per heavy atom. The molecule has 0 fully saturated rings. The van der Waals surface area contributed by atoms with Crippen molar-refractivity contribution in [3.8, 4) is 0 Å².